The van der Waals surface area contributed by atoms with Crippen LogP contribution in [0.25, 0.3) is 0 Å². The number of nitrogens with one attached hydrogen (secondary N) is 1. The van der Waals surface area contributed by atoms with Gasteiger partial charge in [-0.05, 0) is 31.7 Å². The van der Waals surface area contributed by atoms with Crippen molar-refractivity contribution < 1.29 is 9.90 Å². The average Bonchev–Trinajstić information content (AvgIpc) is 2.32. The molecule has 4 nitrogen and oxygen atoms in total. The SMILES string of the molecule is O=C(NC1CCC(O)CC1)c1ccncc1Cl. The van der Waals surface area contributed by atoms with Gasteiger partial charge in [0.2, 0.25) is 0 Å². The molecule has 1 heterocycles. The van der Waals surface area contributed by atoms with Crippen LogP contribution in [0.2, 0.25) is 5.02 Å². The first-order valence-corrected chi connectivity index (χ1v) is 6.13. The number of carbonyl (C=O) groups excluding carboxylic acids is 1. The number of hydrogen-bond donors (Lipinski definition) is 2. The summed E-state index contributed by atoms with van der Waals surface area (Å²) in [5.41, 5.74) is 0.452. The van der Waals surface area contributed by atoms with Gasteiger partial charge in [0.15, 0.2) is 0 Å². The van der Waals surface area contributed by atoms with Gasteiger partial charge in [0, 0.05) is 18.4 Å². The Balaban J connectivity index is 1.96. The second-order valence-corrected chi connectivity index (χ2v) is 4.74. The third-order valence-electron chi connectivity index (χ3n) is 3.05. The van der Waals surface area contributed by atoms with E-state index in [1.165, 1.54) is 6.20 Å². The molecule has 1 amide bonds. The summed E-state index contributed by atoms with van der Waals surface area (Å²) in [5.74, 6) is -0.168. The summed E-state index contributed by atoms with van der Waals surface area (Å²) in [4.78, 5) is 15.8. The lowest BCUT2D eigenvalue weighted by molar-refractivity contribution is 0.0867. The van der Waals surface area contributed by atoms with Crippen molar-refractivity contribution in [3.63, 3.8) is 0 Å². The van der Waals surface area contributed by atoms with E-state index in [0.717, 1.165) is 25.7 Å². The van der Waals surface area contributed by atoms with E-state index in [9.17, 15) is 9.90 Å². The highest BCUT2D eigenvalue weighted by Crippen LogP contribution is 2.19. The third-order valence-corrected chi connectivity index (χ3v) is 3.35. The predicted molar refractivity (Wildman–Crippen MR) is 65.0 cm³/mol. The van der Waals surface area contributed by atoms with Crippen LogP contribution < -0.4 is 5.32 Å². The Morgan fingerprint density at radius 3 is 2.76 bits per heavy atom. The van der Waals surface area contributed by atoms with Crippen molar-refractivity contribution in [1.82, 2.24) is 10.3 Å². The smallest absolute Gasteiger partial charge is 0.253 e. The molecule has 0 spiro atoms. The lowest BCUT2D eigenvalue weighted by atomic mass is 9.93. The number of aliphatic hydroxyl groups is 1. The molecule has 0 aromatic carbocycles. The van der Waals surface area contributed by atoms with E-state index in [-0.39, 0.29) is 18.1 Å². The minimum atomic E-state index is -0.215. The van der Waals surface area contributed by atoms with Gasteiger partial charge in [-0.3, -0.25) is 9.78 Å². The maximum Gasteiger partial charge on any atom is 0.253 e. The number of carbonyl (C=O) groups is 1. The van der Waals surface area contributed by atoms with Gasteiger partial charge in [0.1, 0.15) is 0 Å². The van der Waals surface area contributed by atoms with Crippen LogP contribution in [-0.4, -0.2) is 28.1 Å². The molecule has 2 rings (SSSR count). The standard InChI is InChI=1S/C12H15ClN2O2/c13-11-7-14-6-5-10(11)12(17)15-8-1-3-9(16)4-2-8/h5-9,16H,1-4H2,(H,15,17). The number of halogens is 1. The minimum Gasteiger partial charge on any atom is -0.393 e. The number of hydrogen-bond acceptors (Lipinski definition) is 3. The Labute approximate surface area is 105 Å². The second-order valence-electron chi connectivity index (χ2n) is 4.33. The number of aromatic nitrogens is 1. The zero-order chi connectivity index (χ0) is 12.3. The van der Waals surface area contributed by atoms with Crippen LogP contribution in [0, 0.1) is 0 Å². The molecule has 0 bridgehead atoms. The molecule has 1 saturated carbocycles. The van der Waals surface area contributed by atoms with E-state index in [2.05, 4.69) is 10.3 Å². The Bertz CT molecular complexity index is 403. The van der Waals surface area contributed by atoms with Crippen LogP contribution in [0.1, 0.15) is 36.0 Å². The molecule has 92 valence electrons. The van der Waals surface area contributed by atoms with E-state index in [1.807, 2.05) is 0 Å². The lowest BCUT2D eigenvalue weighted by Gasteiger charge is -2.26. The van der Waals surface area contributed by atoms with Crippen LogP contribution in [0.4, 0.5) is 0 Å². The molecule has 1 aliphatic rings. The zero-order valence-electron chi connectivity index (χ0n) is 9.40. The average molecular weight is 255 g/mol. The highest BCUT2D eigenvalue weighted by Gasteiger charge is 2.21. The maximum atomic E-state index is 11.9. The Hall–Kier alpha value is -1.13. The molecule has 0 saturated heterocycles. The molecule has 0 aliphatic heterocycles. The van der Waals surface area contributed by atoms with E-state index < -0.39 is 0 Å². The van der Waals surface area contributed by atoms with Crippen molar-refractivity contribution in [2.24, 2.45) is 0 Å². The first-order chi connectivity index (χ1) is 8.16. The monoisotopic (exact) mass is 254 g/mol. The molecule has 2 N–H and O–H groups in total. The van der Waals surface area contributed by atoms with Crippen LogP contribution >= 0.6 is 11.6 Å². The molecule has 1 aliphatic carbocycles. The summed E-state index contributed by atoms with van der Waals surface area (Å²) in [7, 11) is 0. The molecule has 17 heavy (non-hydrogen) atoms. The molecule has 0 radical (unpaired) electrons. The fourth-order valence-corrected chi connectivity index (χ4v) is 2.25. The number of rotatable bonds is 2. The molecule has 5 heteroatoms. The second kappa shape index (κ2) is 5.47. The van der Waals surface area contributed by atoms with Crippen molar-refractivity contribution >= 4 is 17.5 Å². The van der Waals surface area contributed by atoms with Crippen molar-refractivity contribution in [3.8, 4) is 0 Å². The highest BCUT2D eigenvalue weighted by atomic mass is 35.5. The predicted octanol–water partition coefficient (Wildman–Crippen LogP) is 1.77. The van der Waals surface area contributed by atoms with Gasteiger partial charge in [-0.25, -0.2) is 0 Å². The van der Waals surface area contributed by atoms with E-state index in [0.29, 0.717) is 10.6 Å². The zero-order valence-corrected chi connectivity index (χ0v) is 10.2. The van der Waals surface area contributed by atoms with Crippen molar-refractivity contribution in [1.29, 1.82) is 0 Å². The van der Waals surface area contributed by atoms with Gasteiger partial charge in [-0.2, -0.15) is 0 Å². The van der Waals surface area contributed by atoms with Gasteiger partial charge >= 0.3 is 0 Å². The summed E-state index contributed by atoms with van der Waals surface area (Å²) in [6.07, 6.45) is 5.91. The minimum absolute atomic E-state index is 0.134. The molecular formula is C12H15ClN2O2. The molecule has 1 aromatic heterocycles. The maximum absolute atomic E-state index is 11.9. The Morgan fingerprint density at radius 2 is 2.12 bits per heavy atom. The highest BCUT2D eigenvalue weighted by molar-refractivity contribution is 6.33. The van der Waals surface area contributed by atoms with Crippen LogP contribution in [0.15, 0.2) is 18.5 Å². The number of amides is 1. The molecule has 0 unspecified atom stereocenters. The Morgan fingerprint density at radius 1 is 1.41 bits per heavy atom. The third kappa shape index (κ3) is 3.17. The van der Waals surface area contributed by atoms with Crippen LogP contribution in [0.3, 0.4) is 0 Å². The van der Waals surface area contributed by atoms with Crippen LogP contribution in [-0.2, 0) is 0 Å². The first kappa shape index (κ1) is 12.3. The van der Waals surface area contributed by atoms with Gasteiger partial charge in [-0.1, -0.05) is 11.6 Å². The summed E-state index contributed by atoms with van der Waals surface area (Å²) in [5, 5.41) is 12.7. The summed E-state index contributed by atoms with van der Waals surface area (Å²) in [6, 6.07) is 1.74. The first-order valence-electron chi connectivity index (χ1n) is 5.75. The fraction of sp³-hybridized carbons (Fsp3) is 0.500. The van der Waals surface area contributed by atoms with Gasteiger partial charge < -0.3 is 10.4 Å². The molecule has 1 fully saturated rings. The van der Waals surface area contributed by atoms with E-state index in [4.69, 9.17) is 11.6 Å². The van der Waals surface area contributed by atoms with Gasteiger partial charge in [0.05, 0.1) is 16.7 Å². The van der Waals surface area contributed by atoms with E-state index >= 15 is 0 Å². The van der Waals surface area contributed by atoms with Gasteiger partial charge in [-0.15, -0.1) is 0 Å². The summed E-state index contributed by atoms with van der Waals surface area (Å²) < 4.78 is 0. The molecular weight excluding hydrogens is 240 g/mol. The normalized spacial score (nSPS) is 24.4. The van der Waals surface area contributed by atoms with Crippen LogP contribution in [0.5, 0.6) is 0 Å². The quantitative estimate of drug-likeness (QED) is 0.846. The topological polar surface area (TPSA) is 62.2 Å². The summed E-state index contributed by atoms with van der Waals surface area (Å²) in [6.45, 7) is 0. The largest absolute Gasteiger partial charge is 0.393 e. The number of nitrogens with zero attached hydrogens (tertiary/aromatic N) is 1. The van der Waals surface area contributed by atoms with E-state index in [1.54, 1.807) is 12.3 Å². The van der Waals surface area contributed by atoms with Crippen molar-refractivity contribution in [2.75, 3.05) is 0 Å². The Kier molecular flexibility index (Phi) is 3.97. The lowest BCUT2D eigenvalue weighted by Crippen LogP contribution is -2.38. The van der Waals surface area contributed by atoms with Crippen molar-refractivity contribution in [3.05, 3.63) is 29.0 Å². The molecule has 1 aromatic rings. The molecule has 0 atom stereocenters. The van der Waals surface area contributed by atoms with Gasteiger partial charge in [0.25, 0.3) is 5.91 Å². The van der Waals surface area contributed by atoms with Crippen molar-refractivity contribution in [2.45, 2.75) is 37.8 Å². The number of aliphatic hydroxyl groups excluding tert-OH is 1. The summed E-state index contributed by atoms with van der Waals surface area (Å²) >= 11 is 5.90. The number of pyridine rings is 1. The fourth-order valence-electron chi connectivity index (χ4n) is 2.04.